The number of aromatic hydroxyl groups is 1. The molecule has 104 valence electrons. The molecule has 7 heteroatoms. The Bertz CT molecular complexity index is 475. The molecule has 0 bridgehead atoms. The lowest BCUT2D eigenvalue weighted by molar-refractivity contribution is -0.385. The maximum Gasteiger partial charge on any atom is 0.310 e. The molecule has 0 aliphatic heterocycles. The van der Waals surface area contributed by atoms with Gasteiger partial charge in [0.05, 0.1) is 11.5 Å². The fourth-order valence-corrected chi connectivity index (χ4v) is 1.48. The van der Waals surface area contributed by atoms with E-state index in [-0.39, 0.29) is 11.5 Å². The minimum absolute atomic E-state index is 0.196. The van der Waals surface area contributed by atoms with Crippen LogP contribution in [0.3, 0.4) is 0 Å². The highest BCUT2D eigenvalue weighted by Gasteiger charge is 2.18. The van der Waals surface area contributed by atoms with E-state index in [1.165, 1.54) is 11.0 Å². The molecule has 1 aromatic carbocycles. The summed E-state index contributed by atoms with van der Waals surface area (Å²) in [6.45, 7) is 3.25. The Hall–Kier alpha value is -2.15. The zero-order valence-corrected chi connectivity index (χ0v) is 10.8. The number of benzene rings is 1. The van der Waals surface area contributed by atoms with Crippen molar-refractivity contribution in [1.29, 1.82) is 0 Å². The van der Waals surface area contributed by atoms with Crippen molar-refractivity contribution in [3.05, 3.63) is 33.9 Å². The Labute approximate surface area is 110 Å². The number of nitrogens with zero attached hydrogens (tertiary/aromatic N) is 2. The molecule has 1 N–H and O–H groups in total. The number of rotatable bonds is 6. The summed E-state index contributed by atoms with van der Waals surface area (Å²) in [5, 5.41) is 20.0. The number of likely N-dealkylation sites (N-methyl/N-ethyl adjacent to an activating group) is 1. The number of hydrogen-bond acceptors (Lipinski definition) is 5. The van der Waals surface area contributed by atoms with Gasteiger partial charge in [-0.25, -0.2) is 0 Å². The highest BCUT2D eigenvalue weighted by Crippen LogP contribution is 2.26. The highest BCUT2D eigenvalue weighted by molar-refractivity contribution is 5.94. The Morgan fingerprint density at radius 3 is 2.74 bits per heavy atom. The van der Waals surface area contributed by atoms with Gasteiger partial charge in [0.1, 0.15) is 0 Å². The van der Waals surface area contributed by atoms with Crippen molar-refractivity contribution in [3.63, 3.8) is 0 Å². The zero-order valence-electron chi connectivity index (χ0n) is 10.8. The number of carbonyl (C=O) groups excluding carboxylic acids is 1. The predicted octanol–water partition coefficient (Wildman–Crippen LogP) is 1.41. The molecule has 0 atom stereocenters. The Morgan fingerprint density at radius 2 is 2.21 bits per heavy atom. The van der Waals surface area contributed by atoms with Crippen LogP contribution in [0.2, 0.25) is 0 Å². The van der Waals surface area contributed by atoms with E-state index in [1.807, 2.05) is 6.92 Å². The summed E-state index contributed by atoms with van der Waals surface area (Å²) in [6.07, 6.45) is 0. The van der Waals surface area contributed by atoms with Crippen molar-refractivity contribution in [3.8, 4) is 5.75 Å². The van der Waals surface area contributed by atoms with Gasteiger partial charge in [-0.05, 0) is 19.1 Å². The SMILES string of the molecule is CCOCCN(C)C(=O)c1ccc([N+](=O)[O-])c(O)c1. The minimum Gasteiger partial charge on any atom is -0.502 e. The molecule has 0 saturated carbocycles. The molecule has 0 radical (unpaired) electrons. The Kier molecular flexibility index (Phi) is 5.25. The third-order valence-electron chi connectivity index (χ3n) is 2.54. The number of amides is 1. The van der Waals surface area contributed by atoms with Crippen LogP contribution in [0.1, 0.15) is 17.3 Å². The number of phenols is 1. The molecule has 0 aliphatic rings. The van der Waals surface area contributed by atoms with Gasteiger partial charge in [0.15, 0.2) is 5.75 Å². The van der Waals surface area contributed by atoms with Gasteiger partial charge in [-0.15, -0.1) is 0 Å². The smallest absolute Gasteiger partial charge is 0.310 e. The standard InChI is InChI=1S/C12H16N2O5/c1-3-19-7-6-13(2)12(16)9-4-5-10(14(17)18)11(15)8-9/h4-5,8,15H,3,6-7H2,1-2H3. The highest BCUT2D eigenvalue weighted by atomic mass is 16.6. The lowest BCUT2D eigenvalue weighted by Crippen LogP contribution is -2.30. The number of carbonyl (C=O) groups is 1. The second-order valence-electron chi connectivity index (χ2n) is 3.88. The third kappa shape index (κ3) is 3.92. The molecule has 0 spiro atoms. The van der Waals surface area contributed by atoms with Crippen molar-refractivity contribution in [1.82, 2.24) is 4.90 Å². The van der Waals surface area contributed by atoms with Crippen LogP contribution in [0, 0.1) is 10.1 Å². The van der Waals surface area contributed by atoms with Crippen LogP contribution in [0.25, 0.3) is 0 Å². The second kappa shape index (κ2) is 6.69. The molecule has 0 fully saturated rings. The zero-order chi connectivity index (χ0) is 14.4. The van der Waals surface area contributed by atoms with Gasteiger partial charge >= 0.3 is 5.69 Å². The van der Waals surface area contributed by atoms with Crippen molar-refractivity contribution in [2.24, 2.45) is 0 Å². The maximum atomic E-state index is 12.0. The summed E-state index contributed by atoms with van der Waals surface area (Å²) in [4.78, 5) is 23.2. The van der Waals surface area contributed by atoms with Gasteiger partial charge in [-0.2, -0.15) is 0 Å². The monoisotopic (exact) mass is 268 g/mol. The first-order valence-electron chi connectivity index (χ1n) is 5.78. The van der Waals surface area contributed by atoms with Crippen LogP contribution in [0.5, 0.6) is 5.75 Å². The molecular formula is C12H16N2O5. The first-order valence-corrected chi connectivity index (χ1v) is 5.78. The minimum atomic E-state index is -0.706. The van der Waals surface area contributed by atoms with E-state index in [9.17, 15) is 20.0 Å². The molecule has 7 nitrogen and oxygen atoms in total. The number of nitro groups is 1. The number of phenolic OH excluding ortho intramolecular Hbond substituents is 1. The molecule has 19 heavy (non-hydrogen) atoms. The lowest BCUT2D eigenvalue weighted by Gasteiger charge is -2.17. The molecule has 1 rings (SSSR count). The average molecular weight is 268 g/mol. The number of ether oxygens (including phenoxy) is 1. The molecular weight excluding hydrogens is 252 g/mol. The van der Waals surface area contributed by atoms with Crippen LogP contribution in [-0.2, 0) is 4.74 Å². The Morgan fingerprint density at radius 1 is 1.53 bits per heavy atom. The normalized spacial score (nSPS) is 10.2. The molecule has 1 aromatic rings. The molecule has 0 heterocycles. The quantitative estimate of drug-likeness (QED) is 0.478. The van der Waals surface area contributed by atoms with E-state index in [2.05, 4.69) is 0 Å². The number of hydrogen-bond donors (Lipinski definition) is 1. The van der Waals surface area contributed by atoms with Gasteiger partial charge in [-0.1, -0.05) is 0 Å². The van der Waals surface area contributed by atoms with Crippen LogP contribution < -0.4 is 0 Å². The summed E-state index contributed by atoms with van der Waals surface area (Å²) >= 11 is 0. The van der Waals surface area contributed by atoms with Gasteiger partial charge < -0.3 is 14.7 Å². The van der Waals surface area contributed by atoms with Crippen LogP contribution in [-0.4, -0.2) is 47.6 Å². The summed E-state index contributed by atoms with van der Waals surface area (Å²) in [7, 11) is 1.60. The molecule has 1 amide bonds. The van der Waals surface area contributed by atoms with E-state index in [4.69, 9.17) is 4.74 Å². The van der Waals surface area contributed by atoms with E-state index in [0.717, 1.165) is 12.1 Å². The van der Waals surface area contributed by atoms with E-state index >= 15 is 0 Å². The second-order valence-corrected chi connectivity index (χ2v) is 3.88. The molecule has 0 aromatic heterocycles. The molecule has 0 aliphatic carbocycles. The van der Waals surface area contributed by atoms with Gasteiger partial charge in [-0.3, -0.25) is 14.9 Å². The summed E-state index contributed by atoms with van der Waals surface area (Å²) in [5.41, 5.74) is -0.226. The lowest BCUT2D eigenvalue weighted by atomic mass is 10.1. The van der Waals surface area contributed by atoms with Gasteiger partial charge in [0, 0.05) is 31.8 Å². The van der Waals surface area contributed by atoms with Gasteiger partial charge in [0.25, 0.3) is 5.91 Å². The largest absolute Gasteiger partial charge is 0.502 e. The maximum absolute atomic E-state index is 12.0. The van der Waals surface area contributed by atoms with Crippen molar-refractivity contribution >= 4 is 11.6 Å². The molecule has 0 saturated heterocycles. The van der Waals surface area contributed by atoms with E-state index < -0.39 is 16.4 Å². The number of nitro benzene ring substituents is 1. The Balaban J connectivity index is 2.77. The first kappa shape index (κ1) is 14.9. The average Bonchev–Trinajstić information content (AvgIpc) is 2.37. The van der Waals surface area contributed by atoms with Crippen LogP contribution >= 0.6 is 0 Å². The fraction of sp³-hybridized carbons (Fsp3) is 0.417. The predicted molar refractivity (Wildman–Crippen MR) is 68.2 cm³/mol. The summed E-state index contributed by atoms with van der Waals surface area (Å²) < 4.78 is 5.13. The van der Waals surface area contributed by atoms with E-state index in [1.54, 1.807) is 7.05 Å². The van der Waals surface area contributed by atoms with Crippen molar-refractivity contribution in [2.75, 3.05) is 26.8 Å². The van der Waals surface area contributed by atoms with Crippen molar-refractivity contribution < 1.29 is 19.6 Å². The van der Waals surface area contributed by atoms with Crippen LogP contribution in [0.15, 0.2) is 18.2 Å². The fourth-order valence-electron chi connectivity index (χ4n) is 1.48. The summed E-state index contributed by atoms with van der Waals surface area (Å²) in [6, 6.07) is 3.52. The first-order chi connectivity index (χ1) is 8.97. The summed E-state index contributed by atoms with van der Waals surface area (Å²) in [5.74, 6) is -0.848. The van der Waals surface area contributed by atoms with Gasteiger partial charge in [0.2, 0.25) is 0 Å². The molecule has 0 unspecified atom stereocenters. The van der Waals surface area contributed by atoms with Crippen LogP contribution in [0.4, 0.5) is 5.69 Å². The van der Waals surface area contributed by atoms with E-state index in [0.29, 0.717) is 19.8 Å². The van der Waals surface area contributed by atoms with Crippen molar-refractivity contribution in [2.45, 2.75) is 6.92 Å². The third-order valence-corrected chi connectivity index (χ3v) is 2.54. The topological polar surface area (TPSA) is 92.9 Å².